The molecule has 0 bridgehead atoms. The lowest BCUT2D eigenvalue weighted by atomic mass is 10.1. The van der Waals surface area contributed by atoms with Crippen LogP contribution in [-0.2, 0) is 16.0 Å². The predicted octanol–water partition coefficient (Wildman–Crippen LogP) is 3.14. The highest BCUT2D eigenvalue weighted by Gasteiger charge is 2.44. The van der Waals surface area contributed by atoms with E-state index in [9.17, 15) is 10.1 Å². The number of pyridine rings is 1. The fourth-order valence-electron chi connectivity index (χ4n) is 2.94. The standard InChI is InChI=1S/C17H23ClN3O4/c1-3-24-17(25-4-2)13-21(10-6-5-7-16(21)20(22)23)12-14-8-9-15(18)19-11-14/h5-9,11,17H,3-4,10,12-13H2,1-2H3/q+1. The number of quaternary nitrogens is 1. The molecule has 0 saturated carbocycles. The fraction of sp³-hybridized carbons (Fsp3) is 0.471. The molecule has 0 amide bonds. The Balaban J connectivity index is 2.36. The number of nitrogens with zero attached hydrogens (tertiary/aromatic N) is 3. The summed E-state index contributed by atoms with van der Waals surface area (Å²) >= 11 is 5.85. The van der Waals surface area contributed by atoms with Crippen molar-refractivity contribution in [3.63, 3.8) is 0 Å². The third-order valence-electron chi connectivity index (χ3n) is 3.99. The normalized spacial score (nSPS) is 19.9. The van der Waals surface area contributed by atoms with Gasteiger partial charge in [0.1, 0.15) is 29.7 Å². The van der Waals surface area contributed by atoms with Crippen LogP contribution in [0.1, 0.15) is 19.4 Å². The number of ether oxygens (including phenoxy) is 2. The largest absolute Gasteiger partial charge is 0.428 e. The summed E-state index contributed by atoms with van der Waals surface area (Å²) in [7, 11) is 0. The summed E-state index contributed by atoms with van der Waals surface area (Å²) in [5.74, 6) is 0.113. The van der Waals surface area contributed by atoms with Gasteiger partial charge in [-0.3, -0.25) is 10.1 Å². The van der Waals surface area contributed by atoms with E-state index in [1.165, 1.54) is 0 Å². The van der Waals surface area contributed by atoms with Gasteiger partial charge in [0.25, 0.3) is 0 Å². The number of hydrogen-bond acceptors (Lipinski definition) is 5. The smallest absolute Gasteiger partial charge is 0.348 e. The fourth-order valence-corrected chi connectivity index (χ4v) is 3.05. The second-order valence-electron chi connectivity index (χ2n) is 5.71. The first-order valence-electron chi connectivity index (χ1n) is 8.22. The maximum absolute atomic E-state index is 11.7. The van der Waals surface area contributed by atoms with E-state index in [1.807, 2.05) is 26.0 Å². The number of rotatable bonds is 9. The van der Waals surface area contributed by atoms with Gasteiger partial charge in [-0.05, 0) is 38.1 Å². The van der Waals surface area contributed by atoms with E-state index in [2.05, 4.69) is 4.98 Å². The van der Waals surface area contributed by atoms with Crippen molar-refractivity contribution in [2.75, 3.05) is 26.3 Å². The molecule has 0 fully saturated rings. The molecule has 0 aliphatic carbocycles. The minimum Gasteiger partial charge on any atom is -0.348 e. The Morgan fingerprint density at radius 2 is 2.08 bits per heavy atom. The molecule has 25 heavy (non-hydrogen) atoms. The van der Waals surface area contributed by atoms with Gasteiger partial charge in [-0.2, -0.15) is 0 Å². The molecule has 1 unspecified atom stereocenters. The molecule has 0 N–H and O–H groups in total. The monoisotopic (exact) mass is 368 g/mol. The van der Waals surface area contributed by atoms with Gasteiger partial charge < -0.3 is 9.47 Å². The topological polar surface area (TPSA) is 74.5 Å². The van der Waals surface area contributed by atoms with Gasteiger partial charge >= 0.3 is 5.82 Å². The summed E-state index contributed by atoms with van der Waals surface area (Å²) in [6.45, 7) is 5.91. The molecule has 0 aromatic carbocycles. The van der Waals surface area contributed by atoms with Crippen molar-refractivity contribution in [3.05, 3.63) is 63.2 Å². The molecule has 0 spiro atoms. The van der Waals surface area contributed by atoms with E-state index < -0.39 is 6.29 Å². The van der Waals surface area contributed by atoms with Gasteiger partial charge in [0.2, 0.25) is 6.29 Å². The van der Waals surface area contributed by atoms with Crippen molar-refractivity contribution in [1.82, 2.24) is 4.98 Å². The van der Waals surface area contributed by atoms with Crippen LogP contribution in [0.4, 0.5) is 0 Å². The average molecular weight is 369 g/mol. The average Bonchev–Trinajstić information content (AvgIpc) is 2.57. The van der Waals surface area contributed by atoms with E-state index in [1.54, 1.807) is 24.4 Å². The molecular weight excluding hydrogens is 346 g/mol. The van der Waals surface area contributed by atoms with Crippen LogP contribution >= 0.6 is 11.6 Å². The highest BCUT2D eigenvalue weighted by Crippen LogP contribution is 2.28. The molecule has 0 radical (unpaired) electrons. The third kappa shape index (κ3) is 5.09. The second kappa shape index (κ2) is 9.05. The number of halogens is 1. The van der Waals surface area contributed by atoms with Crippen LogP contribution < -0.4 is 0 Å². The Kier molecular flexibility index (Phi) is 7.07. The predicted molar refractivity (Wildman–Crippen MR) is 94.2 cm³/mol. The number of nitro groups is 1. The SMILES string of the molecule is CCOC(C[N+]1(Cc2ccc(Cl)nc2)CC=CC=C1[N+](=O)[O-])OCC. The summed E-state index contributed by atoms with van der Waals surface area (Å²) in [6, 6.07) is 3.52. The summed E-state index contributed by atoms with van der Waals surface area (Å²) < 4.78 is 11.4. The van der Waals surface area contributed by atoms with Crippen molar-refractivity contribution < 1.29 is 18.9 Å². The van der Waals surface area contributed by atoms with Crippen LogP contribution in [0.25, 0.3) is 0 Å². The Bertz CT molecular complexity index is 642. The van der Waals surface area contributed by atoms with E-state index in [4.69, 9.17) is 21.1 Å². The first kappa shape index (κ1) is 19.5. The van der Waals surface area contributed by atoms with Gasteiger partial charge in [0, 0.05) is 25.0 Å². The minimum absolute atomic E-state index is 0.0947. The van der Waals surface area contributed by atoms with Gasteiger partial charge in [0.15, 0.2) is 0 Å². The molecule has 7 nitrogen and oxygen atoms in total. The maximum atomic E-state index is 11.7. The van der Waals surface area contributed by atoms with Crippen molar-refractivity contribution in [2.24, 2.45) is 0 Å². The summed E-state index contributed by atoms with van der Waals surface area (Å²) in [6.07, 6.45) is 6.30. The lowest BCUT2D eigenvalue weighted by molar-refractivity contribution is -0.954. The Labute approximate surface area is 152 Å². The Morgan fingerprint density at radius 1 is 1.36 bits per heavy atom. The number of allylic oxidation sites excluding steroid dienone is 2. The molecule has 1 aromatic rings. The van der Waals surface area contributed by atoms with Gasteiger partial charge in [-0.1, -0.05) is 11.6 Å². The summed E-state index contributed by atoms with van der Waals surface area (Å²) in [5, 5.41) is 12.1. The first-order chi connectivity index (χ1) is 12.0. The lowest BCUT2D eigenvalue weighted by Gasteiger charge is -2.37. The molecule has 8 heteroatoms. The molecule has 1 aromatic heterocycles. The minimum atomic E-state index is -0.523. The highest BCUT2D eigenvalue weighted by atomic mass is 35.5. The molecule has 2 rings (SSSR count). The third-order valence-corrected chi connectivity index (χ3v) is 4.21. The van der Waals surface area contributed by atoms with Crippen molar-refractivity contribution >= 4 is 11.6 Å². The molecule has 136 valence electrons. The van der Waals surface area contributed by atoms with Crippen LogP contribution in [0.3, 0.4) is 0 Å². The highest BCUT2D eigenvalue weighted by molar-refractivity contribution is 6.29. The summed E-state index contributed by atoms with van der Waals surface area (Å²) in [4.78, 5) is 15.4. The van der Waals surface area contributed by atoms with E-state index in [0.29, 0.717) is 38.0 Å². The molecule has 1 aliphatic rings. The van der Waals surface area contributed by atoms with E-state index in [-0.39, 0.29) is 15.2 Å². The summed E-state index contributed by atoms with van der Waals surface area (Å²) in [5.41, 5.74) is 0.860. The van der Waals surface area contributed by atoms with Gasteiger partial charge in [0.05, 0.1) is 6.08 Å². The zero-order valence-corrected chi connectivity index (χ0v) is 15.2. The van der Waals surface area contributed by atoms with Crippen molar-refractivity contribution in [2.45, 2.75) is 26.7 Å². The van der Waals surface area contributed by atoms with Crippen LogP contribution in [0, 0.1) is 10.1 Å². The van der Waals surface area contributed by atoms with Crippen LogP contribution in [0.5, 0.6) is 0 Å². The van der Waals surface area contributed by atoms with Gasteiger partial charge in [-0.15, -0.1) is 0 Å². The number of hydrogen-bond donors (Lipinski definition) is 0. The maximum Gasteiger partial charge on any atom is 0.428 e. The van der Waals surface area contributed by atoms with Crippen LogP contribution in [0.15, 0.2) is 42.4 Å². The zero-order valence-electron chi connectivity index (χ0n) is 14.4. The van der Waals surface area contributed by atoms with Crippen molar-refractivity contribution in [1.29, 1.82) is 0 Å². The molecule has 0 saturated heterocycles. The van der Waals surface area contributed by atoms with Crippen molar-refractivity contribution in [3.8, 4) is 0 Å². The van der Waals surface area contributed by atoms with E-state index in [0.717, 1.165) is 5.56 Å². The molecule has 1 atom stereocenters. The lowest BCUT2D eigenvalue weighted by Crippen LogP contribution is -2.54. The van der Waals surface area contributed by atoms with E-state index >= 15 is 0 Å². The van der Waals surface area contributed by atoms with Gasteiger partial charge in [-0.25, -0.2) is 9.47 Å². The number of aromatic nitrogens is 1. The molecule has 1 aliphatic heterocycles. The molecular formula is C17H23ClN3O4+. The Hall–Kier alpha value is -1.80. The second-order valence-corrected chi connectivity index (χ2v) is 6.10. The quantitative estimate of drug-likeness (QED) is 0.220. The first-order valence-corrected chi connectivity index (χ1v) is 8.60. The van der Waals surface area contributed by atoms with Crippen LogP contribution in [-0.4, -0.2) is 47.0 Å². The van der Waals surface area contributed by atoms with Crippen LogP contribution in [0.2, 0.25) is 5.15 Å². The zero-order chi connectivity index (χ0) is 18.3. The molecule has 2 heterocycles. The Morgan fingerprint density at radius 3 is 2.64 bits per heavy atom.